The first-order chi connectivity index (χ1) is 7.09. The lowest BCUT2D eigenvalue weighted by Gasteiger charge is -2.14. The van der Waals surface area contributed by atoms with Gasteiger partial charge in [0.05, 0.1) is 11.7 Å². The fourth-order valence-corrected chi connectivity index (χ4v) is 1.30. The van der Waals surface area contributed by atoms with Gasteiger partial charge >= 0.3 is 0 Å². The number of hydrogen-bond acceptors (Lipinski definition) is 3. The van der Waals surface area contributed by atoms with Crippen LogP contribution in [0.4, 0.5) is 0 Å². The highest BCUT2D eigenvalue weighted by Crippen LogP contribution is 2.07. The van der Waals surface area contributed by atoms with Crippen LogP contribution < -0.4 is 11.1 Å². The van der Waals surface area contributed by atoms with Crippen LogP contribution in [0.3, 0.4) is 0 Å². The summed E-state index contributed by atoms with van der Waals surface area (Å²) in [4.78, 5) is 15.6. The average molecular weight is 207 g/mol. The van der Waals surface area contributed by atoms with Crippen LogP contribution >= 0.6 is 0 Å². The number of nitrogens with one attached hydrogen (secondary N) is 1. The Morgan fingerprint density at radius 1 is 1.53 bits per heavy atom. The van der Waals surface area contributed by atoms with Gasteiger partial charge in [0.15, 0.2) is 0 Å². The summed E-state index contributed by atoms with van der Waals surface area (Å²) in [7, 11) is 0. The minimum absolute atomic E-state index is 0.0387. The number of rotatable bonds is 4. The van der Waals surface area contributed by atoms with Crippen molar-refractivity contribution >= 4 is 5.91 Å². The van der Waals surface area contributed by atoms with E-state index in [1.165, 1.54) is 0 Å². The van der Waals surface area contributed by atoms with E-state index in [0.717, 1.165) is 5.69 Å². The van der Waals surface area contributed by atoms with Crippen LogP contribution in [-0.4, -0.2) is 16.9 Å². The summed E-state index contributed by atoms with van der Waals surface area (Å²) in [5.41, 5.74) is 6.39. The van der Waals surface area contributed by atoms with Crippen molar-refractivity contribution in [2.24, 2.45) is 5.73 Å². The SMILES string of the molecule is CC(N)CC(=O)N[C@@H](C)c1ccccn1. The van der Waals surface area contributed by atoms with Crippen LogP contribution in [0, 0.1) is 0 Å². The summed E-state index contributed by atoms with van der Waals surface area (Å²) in [6, 6.07) is 5.45. The van der Waals surface area contributed by atoms with Gasteiger partial charge in [-0.05, 0) is 26.0 Å². The highest BCUT2D eigenvalue weighted by molar-refractivity contribution is 5.76. The molecule has 1 amide bonds. The third-order valence-corrected chi connectivity index (χ3v) is 2.02. The molecule has 0 aliphatic rings. The molecule has 0 aliphatic carbocycles. The normalized spacial score (nSPS) is 14.3. The Hall–Kier alpha value is -1.42. The van der Waals surface area contributed by atoms with E-state index >= 15 is 0 Å². The molecule has 0 bridgehead atoms. The minimum Gasteiger partial charge on any atom is -0.348 e. The summed E-state index contributed by atoms with van der Waals surface area (Å²) >= 11 is 0. The highest BCUT2D eigenvalue weighted by atomic mass is 16.1. The monoisotopic (exact) mass is 207 g/mol. The van der Waals surface area contributed by atoms with Crippen molar-refractivity contribution < 1.29 is 4.79 Å². The molecule has 4 heteroatoms. The van der Waals surface area contributed by atoms with Gasteiger partial charge in [-0.25, -0.2) is 0 Å². The van der Waals surface area contributed by atoms with E-state index in [0.29, 0.717) is 6.42 Å². The molecule has 1 aromatic heterocycles. The standard InChI is InChI=1S/C11H17N3O/c1-8(12)7-11(15)14-9(2)10-5-3-4-6-13-10/h3-6,8-9H,7,12H2,1-2H3,(H,14,15)/t8?,9-/m0/s1. The Labute approximate surface area is 89.9 Å². The van der Waals surface area contributed by atoms with E-state index in [1.54, 1.807) is 6.20 Å². The van der Waals surface area contributed by atoms with Gasteiger partial charge in [-0.2, -0.15) is 0 Å². The minimum atomic E-state index is -0.110. The maximum absolute atomic E-state index is 11.4. The van der Waals surface area contributed by atoms with Gasteiger partial charge in [0.1, 0.15) is 0 Å². The molecule has 0 fully saturated rings. The van der Waals surface area contributed by atoms with Gasteiger partial charge in [-0.15, -0.1) is 0 Å². The first kappa shape index (κ1) is 11.7. The largest absolute Gasteiger partial charge is 0.348 e. The van der Waals surface area contributed by atoms with E-state index in [2.05, 4.69) is 10.3 Å². The molecule has 3 N–H and O–H groups in total. The van der Waals surface area contributed by atoms with Gasteiger partial charge in [-0.1, -0.05) is 6.07 Å². The van der Waals surface area contributed by atoms with Crippen LogP contribution in [0.1, 0.15) is 32.0 Å². The summed E-state index contributed by atoms with van der Waals surface area (Å²) in [6.07, 6.45) is 2.06. The lowest BCUT2D eigenvalue weighted by Crippen LogP contribution is -2.32. The van der Waals surface area contributed by atoms with Crippen molar-refractivity contribution in [3.8, 4) is 0 Å². The molecule has 0 saturated heterocycles. The summed E-state index contributed by atoms with van der Waals surface area (Å²) in [5.74, 6) is -0.0387. The second kappa shape index (κ2) is 5.46. The quantitative estimate of drug-likeness (QED) is 0.773. The maximum Gasteiger partial charge on any atom is 0.222 e. The van der Waals surface area contributed by atoms with Gasteiger partial charge in [-0.3, -0.25) is 9.78 Å². The van der Waals surface area contributed by atoms with Crippen LogP contribution in [0.15, 0.2) is 24.4 Å². The molecule has 0 spiro atoms. The number of aromatic nitrogens is 1. The van der Waals surface area contributed by atoms with Gasteiger partial charge < -0.3 is 11.1 Å². The molecule has 0 radical (unpaired) electrons. The van der Waals surface area contributed by atoms with Crippen LogP contribution in [0.5, 0.6) is 0 Å². The van der Waals surface area contributed by atoms with Gasteiger partial charge in [0.25, 0.3) is 0 Å². The Morgan fingerprint density at radius 3 is 2.80 bits per heavy atom. The first-order valence-corrected chi connectivity index (χ1v) is 5.05. The number of nitrogens with two attached hydrogens (primary N) is 1. The molecule has 15 heavy (non-hydrogen) atoms. The predicted molar refractivity (Wildman–Crippen MR) is 59.1 cm³/mol. The summed E-state index contributed by atoms with van der Waals surface area (Å²) < 4.78 is 0. The van der Waals surface area contributed by atoms with Crippen molar-refractivity contribution in [2.75, 3.05) is 0 Å². The maximum atomic E-state index is 11.4. The molecule has 4 nitrogen and oxygen atoms in total. The second-order valence-electron chi connectivity index (χ2n) is 3.73. The van der Waals surface area contributed by atoms with Crippen LogP contribution in [0.2, 0.25) is 0 Å². The molecule has 1 unspecified atom stereocenters. The van der Waals surface area contributed by atoms with Gasteiger partial charge in [0.2, 0.25) is 5.91 Å². The van der Waals surface area contributed by atoms with E-state index in [-0.39, 0.29) is 18.0 Å². The van der Waals surface area contributed by atoms with E-state index in [1.807, 2.05) is 32.0 Å². The van der Waals surface area contributed by atoms with Crippen molar-refractivity contribution in [3.63, 3.8) is 0 Å². The van der Waals surface area contributed by atoms with Crippen molar-refractivity contribution in [3.05, 3.63) is 30.1 Å². The number of carbonyl (C=O) groups excluding carboxylic acids is 1. The molecule has 1 rings (SSSR count). The van der Waals surface area contributed by atoms with Crippen molar-refractivity contribution in [1.82, 2.24) is 10.3 Å². The van der Waals surface area contributed by atoms with Crippen LogP contribution in [0.25, 0.3) is 0 Å². The van der Waals surface area contributed by atoms with E-state index in [4.69, 9.17) is 5.73 Å². The van der Waals surface area contributed by atoms with E-state index < -0.39 is 0 Å². The van der Waals surface area contributed by atoms with Gasteiger partial charge in [0, 0.05) is 18.7 Å². The zero-order valence-electron chi connectivity index (χ0n) is 9.10. The zero-order chi connectivity index (χ0) is 11.3. The number of hydrogen-bond donors (Lipinski definition) is 2. The lowest BCUT2D eigenvalue weighted by molar-refractivity contribution is -0.122. The molecule has 1 aromatic rings. The molecular weight excluding hydrogens is 190 g/mol. The number of pyridine rings is 1. The Balaban J connectivity index is 2.49. The molecule has 0 aromatic carbocycles. The third kappa shape index (κ3) is 4.08. The second-order valence-corrected chi connectivity index (χ2v) is 3.73. The third-order valence-electron chi connectivity index (χ3n) is 2.02. The molecule has 82 valence electrons. The number of carbonyl (C=O) groups is 1. The molecule has 1 heterocycles. The molecular formula is C11H17N3O. The van der Waals surface area contributed by atoms with Crippen molar-refractivity contribution in [2.45, 2.75) is 32.4 Å². The molecule has 0 saturated carbocycles. The summed E-state index contributed by atoms with van der Waals surface area (Å²) in [6.45, 7) is 3.71. The van der Waals surface area contributed by atoms with Crippen LogP contribution in [-0.2, 0) is 4.79 Å². The Kier molecular flexibility index (Phi) is 4.24. The van der Waals surface area contributed by atoms with E-state index in [9.17, 15) is 4.79 Å². The fourth-order valence-electron chi connectivity index (χ4n) is 1.30. The molecule has 2 atom stereocenters. The Morgan fingerprint density at radius 2 is 2.27 bits per heavy atom. The topological polar surface area (TPSA) is 68.0 Å². The number of amides is 1. The Bertz CT molecular complexity index is 311. The first-order valence-electron chi connectivity index (χ1n) is 5.05. The van der Waals surface area contributed by atoms with Crippen molar-refractivity contribution in [1.29, 1.82) is 0 Å². The fraction of sp³-hybridized carbons (Fsp3) is 0.455. The summed E-state index contributed by atoms with van der Waals surface area (Å²) in [5, 5.41) is 2.85. The zero-order valence-corrected chi connectivity index (χ0v) is 9.10. The predicted octanol–water partition coefficient (Wildman–Crippen LogP) is 0.996. The number of nitrogens with zero attached hydrogens (tertiary/aromatic N) is 1. The highest BCUT2D eigenvalue weighted by Gasteiger charge is 2.11. The average Bonchev–Trinajstić information content (AvgIpc) is 2.17. The smallest absolute Gasteiger partial charge is 0.222 e. The molecule has 0 aliphatic heterocycles. The lowest BCUT2D eigenvalue weighted by atomic mass is 10.2.